The molecule has 8 heteroatoms. The molecule has 1 aromatic carbocycles. The highest BCUT2D eigenvalue weighted by atomic mass is 35.5. The number of ether oxygens (including phenoxy) is 2. The molecule has 7 nitrogen and oxygen atoms in total. The second-order valence-electron chi connectivity index (χ2n) is 6.45. The second kappa shape index (κ2) is 9.73. The molecule has 146 valence electrons. The Morgan fingerprint density at radius 2 is 2.19 bits per heavy atom. The van der Waals surface area contributed by atoms with Crippen molar-refractivity contribution in [3.8, 4) is 11.3 Å². The monoisotopic (exact) mass is 393 g/mol. The van der Waals surface area contributed by atoms with Gasteiger partial charge in [0.2, 0.25) is 0 Å². The van der Waals surface area contributed by atoms with Gasteiger partial charge in [-0.15, -0.1) is 0 Å². The molecule has 1 atom stereocenters. The van der Waals surface area contributed by atoms with E-state index in [0.717, 1.165) is 25.0 Å². The number of amides is 1. The van der Waals surface area contributed by atoms with E-state index in [1.165, 1.54) is 0 Å². The van der Waals surface area contributed by atoms with Gasteiger partial charge in [-0.25, -0.2) is 0 Å². The van der Waals surface area contributed by atoms with Gasteiger partial charge in [0.1, 0.15) is 5.56 Å². The number of halogens is 1. The molecule has 0 saturated carbocycles. The number of carbonyl (C=O) groups excluding carboxylic acids is 1. The Bertz CT molecular complexity index is 742. The Morgan fingerprint density at radius 1 is 1.37 bits per heavy atom. The largest absolute Gasteiger partial charge is 0.383 e. The Balaban J connectivity index is 1.79. The van der Waals surface area contributed by atoms with E-state index < -0.39 is 0 Å². The second-order valence-corrected chi connectivity index (χ2v) is 6.89. The van der Waals surface area contributed by atoms with Crippen LogP contribution in [0.5, 0.6) is 0 Å². The van der Waals surface area contributed by atoms with Gasteiger partial charge < -0.3 is 24.6 Å². The maximum Gasteiger partial charge on any atom is 0.259 e. The molecule has 1 saturated heterocycles. The topological polar surface area (TPSA) is 85.6 Å². The third kappa shape index (κ3) is 5.22. The van der Waals surface area contributed by atoms with Crippen molar-refractivity contribution < 1.29 is 18.8 Å². The lowest BCUT2D eigenvalue weighted by molar-refractivity contribution is 0.0536. The molecule has 1 aliphatic heterocycles. The van der Waals surface area contributed by atoms with E-state index in [4.69, 9.17) is 25.6 Å². The van der Waals surface area contributed by atoms with Gasteiger partial charge in [-0.2, -0.15) is 0 Å². The lowest BCUT2D eigenvalue weighted by Crippen LogP contribution is -2.33. The zero-order valence-electron chi connectivity index (χ0n) is 15.3. The molecule has 2 aromatic rings. The molecule has 1 aromatic heterocycles. The molecular weight excluding hydrogens is 370 g/mol. The number of nitrogens with one attached hydrogen (secondary N) is 2. The van der Waals surface area contributed by atoms with Crippen LogP contribution in [0.1, 0.15) is 23.2 Å². The number of hydrogen-bond acceptors (Lipinski definition) is 6. The number of rotatable bonds is 8. The molecule has 2 N–H and O–H groups in total. The number of anilines is 1. The molecular formula is C19H24ClN3O4. The highest BCUT2D eigenvalue weighted by Gasteiger charge is 2.25. The summed E-state index contributed by atoms with van der Waals surface area (Å²) in [7, 11) is 1.61. The van der Waals surface area contributed by atoms with Crippen LogP contribution in [0, 0.1) is 5.92 Å². The predicted molar refractivity (Wildman–Crippen MR) is 103 cm³/mol. The van der Waals surface area contributed by atoms with Crippen molar-refractivity contribution in [2.24, 2.45) is 5.92 Å². The van der Waals surface area contributed by atoms with Gasteiger partial charge in [0.15, 0.2) is 11.6 Å². The average molecular weight is 394 g/mol. The summed E-state index contributed by atoms with van der Waals surface area (Å²) in [6, 6.07) is 7.10. The van der Waals surface area contributed by atoms with Crippen LogP contribution >= 0.6 is 11.6 Å². The number of hydrogen-bond donors (Lipinski definition) is 2. The summed E-state index contributed by atoms with van der Waals surface area (Å²) in [5.41, 5.74) is 1.11. The van der Waals surface area contributed by atoms with Gasteiger partial charge in [0.25, 0.3) is 5.91 Å². The van der Waals surface area contributed by atoms with E-state index in [0.29, 0.717) is 54.4 Å². The minimum atomic E-state index is -0.230. The van der Waals surface area contributed by atoms with Crippen molar-refractivity contribution >= 4 is 23.3 Å². The van der Waals surface area contributed by atoms with Crippen LogP contribution in [0.25, 0.3) is 11.3 Å². The zero-order chi connectivity index (χ0) is 19.1. The normalized spacial score (nSPS) is 16.9. The van der Waals surface area contributed by atoms with Crippen molar-refractivity contribution in [2.45, 2.75) is 12.8 Å². The first-order valence-electron chi connectivity index (χ1n) is 9.03. The number of nitrogens with zero attached hydrogens (tertiary/aromatic N) is 1. The molecule has 1 amide bonds. The van der Waals surface area contributed by atoms with Crippen LogP contribution in [0.3, 0.4) is 0 Å². The first-order chi connectivity index (χ1) is 13.2. The van der Waals surface area contributed by atoms with E-state index in [1.807, 2.05) is 0 Å². The van der Waals surface area contributed by atoms with Crippen molar-refractivity contribution in [3.05, 3.63) is 34.9 Å². The fraction of sp³-hybridized carbons (Fsp3) is 0.474. The molecule has 27 heavy (non-hydrogen) atoms. The molecule has 0 spiro atoms. The van der Waals surface area contributed by atoms with E-state index in [2.05, 4.69) is 15.8 Å². The summed E-state index contributed by atoms with van der Waals surface area (Å²) in [5, 5.41) is 10.7. The molecule has 2 heterocycles. The van der Waals surface area contributed by atoms with Gasteiger partial charge in [-0.1, -0.05) is 16.8 Å². The Hall–Kier alpha value is -2.09. The van der Waals surface area contributed by atoms with Crippen LogP contribution in [0.2, 0.25) is 5.02 Å². The number of aromatic nitrogens is 1. The Morgan fingerprint density at radius 3 is 2.89 bits per heavy atom. The third-order valence-electron chi connectivity index (χ3n) is 4.43. The molecule has 3 rings (SSSR count). The fourth-order valence-electron chi connectivity index (χ4n) is 2.99. The maximum absolute atomic E-state index is 12.9. The summed E-state index contributed by atoms with van der Waals surface area (Å²) in [6.07, 6.45) is 2.07. The highest BCUT2D eigenvalue weighted by molar-refractivity contribution is 6.30. The molecule has 1 fully saturated rings. The quantitative estimate of drug-likeness (QED) is 0.670. The fourth-order valence-corrected chi connectivity index (χ4v) is 3.11. The van der Waals surface area contributed by atoms with Crippen molar-refractivity contribution in [2.75, 3.05) is 45.3 Å². The number of benzene rings is 1. The SMILES string of the molecule is COCCNc1noc(-c2ccc(Cl)cc2)c1C(=O)NCC1CCCOC1. The summed E-state index contributed by atoms with van der Waals surface area (Å²) in [5.74, 6) is 0.900. The van der Waals surface area contributed by atoms with Gasteiger partial charge in [-0.3, -0.25) is 4.79 Å². The van der Waals surface area contributed by atoms with Crippen LogP contribution in [0.4, 0.5) is 5.82 Å². The zero-order valence-corrected chi connectivity index (χ0v) is 16.1. The first kappa shape index (κ1) is 19.7. The maximum atomic E-state index is 12.9. The lowest BCUT2D eigenvalue weighted by atomic mass is 10.0. The minimum Gasteiger partial charge on any atom is -0.383 e. The van der Waals surface area contributed by atoms with Gasteiger partial charge in [0.05, 0.1) is 13.2 Å². The molecule has 0 bridgehead atoms. The van der Waals surface area contributed by atoms with Crippen molar-refractivity contribution in [3.63, 3.8) is 0 Å². The van der Waals surface area contributed by atoms with Crippen LogP contribution < -0.4 is 10.6 Å². The van der Waals surface area contributed by atoms with E-state index in [9.17, 15) is 4.79 Å². The average Bonchev–Trinajstić information content (AvgIpc) is 3.12. The molecule has 1 unspecified atom stereocenters. The number of carbonyl (C=O) groups is 1. The van der Waals surface area contributed by atoms with Crippen LogP contribution in [-0.4, -0.2) is 51.1 Å². The van der Waals surface area contributed by atoms with Crippen molar-refractivity contribution in [1.29, 1.82) is 0 Å². The van der Waals surface area contributed by atoms with E-state index in [-0.39, 0.29) is 5.91 Å². The van der Waals surface area contributed by atoms with E-state index >= 15 is 0 Å². The molecule has 0 radical (unpaired) electrons. The standard InChI is InChI=1S/C19H24ClN3O4/c1-25-10-8-21-18-16(19(24)22-11-13-3-2-9-26-12-13)17(27-23-18)14-4-6-15(20)7-5-14/h4-7,13H,2-3,8-12H2,1H3,(H,21,23)(H,22,24). The Labute approximate surface area is 163 Å². The minimum absolute atomic E-state index is 0.230. The van der Waals surface area contributed by atoms with E-state index in [1.54, 1.807) is 31.4 Å². The van der Waals surface area contributed by atoms with Gasteiger partial charge in [-0.05, 0) is 43.0 Å². The third-order valence-corrected chi connectivity index (χ3v) is 4.68. The number of methoxy groups -OCH3 is 1. The van der Waals surface area contributed by atoms with Gasteiger partial charge >= 0.3 is 0 Å². The first-order valence-corrected chi connectivity index (χ1v) is 9.41. The van der Waals surface area contributed by atoms with Gasteiger partial charge in [0, 0.05) is 37.4 Å². The van der Waals surface area contributed by atoms with Crippen molar-refractivity contribution in [1.82, 2.24) is 10.5 Å². The Kier molecular flexibility index (Phi) is 7.09. The smallest absolute Gasteiger partial charge is 0.259 e. The summed E-state index contributed by atoms with van der Waals surface area (Å²) in [4.78, 5) is 12.9. The summed E-state index contributed by atoms with van der Waals surface area (Å²) >= 11 is 5.96. The molecule has 0 aliphatic carbocycles. The summed E-state index contributed by atoms with van der Waals surface area (Å²) in [6.45, 7) is 3.03. The van der Waals surface area contributed by atoms with Crippen LogP contribution in [-0.2, 0) is 9.47 Å². The lowest BCUT2D eigenvalue weighted by Gasteiger charge is -2.22. The predicted octanol–water partition coefficient (Wildman–Crippen LogP) is 3.21. The molecule has 1 aliphatic rings. The summed E-state index contributed by atoms with van der Waals surface area (Å²) < 4.78 is 16.0. The van der Waals surface area contributed by atoms with Crippen LogP contribution in [0.15, 0.2) is 28.8 Å². The highest BCUT2D eigenvalue weighted by Crippen LogP contribution is 2.30.